The first-order valence-electron chi connectivity index (χ1n) is 6.55. The Morgan fingerprint density at radius 2 is 1.86 bits per heavy atom. The van der Waals surface area contributed by atoms with Crippen molar-refractivity contribution in [2.24, 2.45) is 0 Å². The first kappa shape index (κ1) is 13.5. The van der Waals surface area contributed by atoms with Crippen LogP contribution in [0.5, 0.6) is 0 Å². The van der Waals surface area contributed by atoms with Gasteiger partial charge < -0.3 is 4.98 Å². The number of carbonyl (C=O) groups is 1. The molecule has 1 aromatic heterocycles. The van der Waals surface area contributed by atoms with Crippen LogP contribution < -0.4 is 0 Å². The lowest BCUT2D eigenvalue weighted by molar-refractivity contribution is 0.112. The molecular weight excluding hydrogens is 272 g/mol. The van der Waals surface area contributed by atoms with E-state index in [1.807, 2.05) is 32.0 Å². The van der Waals surface area contributed by atoms with E-state index in [1.165, 1.54) is 6.07 Å². The molecule has 0 radical (unpaired) electrons. The highest BCUT2D eigenvalue weighted by Crippen LogP contribution is 2.33. The number of fused-ring (bicyclic) bond motifs is 1. The molecule has 0 aliphatic carbocycles. The zero-order valence-electron chi connectivity index (χ0n) is 11.6. The lowest BCUT2D eigenvalue weighted by atomic mass is 10.00. The third-order valence-electron chi connectivity index (χ3n) is 3.63. The second-order valence-electron chi connectivity index (χ2n) is 5.16. The number of rotatable bonds is 2. The van der Waals surface area contributed by atoms with E-state index in [1.54, 1.807) is 0 Å². The van der Waals surface area contributed by atoms with Crippen molar-refractivity contribution < 1.29 is 13.6 Å². The molecule has 0 aliphatic rings. The fraction of sp³-hybridized carbons (Fsp3) is 0.118. The molecule has 106 valence electrons. The summed E-state index contributed by atoms with van der Waals surface area (Å²) < 4.78 is 27.3. The molecule has 1 N–H and O–H groups in total. The maximum atomic E-state index is 13.9. The summed E-state index contributed by atoms with van der Waals surface area (Å²) in [6.45, 7) is 3.89. The lowest BCUT2D eigenvalue weighted by Gasteiger charge is -2.06. The summed E-state index contributed by atoms with van der Waals surface area (Å²) in [6.07, 6.45) is 0.631. The minimum absolute atomic E-state index is 0.147. The summed E-state index contributed by atoms with van der Waals surface area (Å²) in [5, 5.41) is 0.262. The zero-order valence-corrected chi connectivity index (χ0v) is 11.6. The molecule has 2 aromatic carbocycles. The third-order valence-corrected chi connectivity index (χ3v) is 3.63. The van der Waals surface area contributed by atoms with Gasteiger partial charge in [-0.1, -0.05) is 23.8 Å². The Labute approximate surface area is 120 Å². The molecule has 0 aliphatic heterocycles. The molecule has 0 spiro atoms. The monoisotopic (exact) mass is 285 g/mol. The summed E-state index contributed by atoms with van der Waals surface area (Å²) in [5.74, 6) is -1.40. The van der Waals surface area contributed by atoms with Crippen molar-refractivity contribution >= 4 is 17.2 Å². The van der Waals surface area contributed by atoms with Crippen molar-refractivity contribution in [2.45, 2.75) is 13.8 Å². The SMILES string of the molecule is Cc1ccc(-c2[nH]c3c(F)cc(F)cc3c2C=O)c(C)c1. The van der Waals surface area contributed by atoms with Crippen LogP contribution in [-0.2, 0) is 0 Å². The molecule has 0 fully saturated rings. The van der Waals surface area contributed by atoms with E-state index >= 15 is 0 Å². The molecule has 3 rings (SSSR count). The van der Waals surface area contributed by atoms with E-state index in [4.69, 9.17) is 0 Å². The lowest BCUT2D eigenvalue weighted by Crippen LogP contribution is -1.89. The van der Waals surface area contributed by atoms with Crippen molar-refractivity contribution in [3.8, 4) is 11.3 Å². The van der Waals surface area contributed by atoms with Gasteiger partial charge in [-0.15, -0.1) is 0 Å². The van der Waals surface area contributed by atoms with Gasteiger partial charge in [-0.05, 0) is 25.5 Å². The minimum Gasteiger partial charge on any atom is -0.352 e. The van der Waals surface area contributed by atoms with Crippen molar-refractivity contribution in [1.29, 1.82) is 0 Å². The number of aromatic amines is 1. The average Bonchev–Trinajstić information content (AvgIpc) is 2.77. The average molecular weight is 285 g/mol. The van der Waals surface area contributed by atoms with Crippen LogP contribution >= 0.6 is 0 Å². The molecule has 3 aromatic rings. The Morgan fingerprint density at radius 1 is 1.10 bits per heavy atom. The van der Waals surface area contributed by atoms with E-state index in [0.717, 1.165) is 22.8 Å². The zero-order chi connectivity index (χ0) is 15.1. The van der Waals surface area contributed by atoms with Gasteiger partial charge in [0.2, 0.25) is 0 Å². The summed E-state index contributed by atoms with van der Waals surface area (Å²) in [5.41, 5.74) is 3.80. The van der Waals surface area contributed by atoms with Gasteiger partial charge in [-0.2, -0.15) is 0 Å². The maximum Gasteiger partial charge on any atom is 0.152 e. The van der Waals surface area contributed by atoms with E-state index in [-0.39, 0.29) is 16.5 Å². The first-order valence-corrected chi connectivity index (χ1v) is 6.55. The van der Waals surface area contributed by atoms with Crippen molar-refractivity contribution in [2.75, 3.05) is 0 Å². The Balaban J connectivity index is 2.37. The van der Waals surface area contributed by atoms with E-state index in [0.29, 0.717) is 12.0 Å². The molecule has 21 heavy (non-hydrogen) atoms. The summed E-state index contributed by atoms with van der Waals surface area (Å²) >= 11 is 0. The van der Waals surface area contributed by atoms with Crippen molar-refractivity contribution in [3.05, 3.63) is 58.7 Å². The highest BCUT2D eigenvalue weighted by Gasteiger charge is 2.17. The van der Waals surface area contributed by atoms with Crippen LogP contribution in [0.2, 0.25) is 0 Å². The molecule has 2 nitrogen and oxygen atoms in total. The van der Waals surface area contributed by atoms with Crippen LogP contribution in [0, 0.1) is 25.5 Å². The molecule has 0 saturated carbocycles. The van der Waals surface area contributed by atoms with Crippen LogP contribution in [0.15, 0.2) is 30.3 Å². The second-order valence-corrected chi connectivity index (χ2v) is 5.16. The fourth-order valence-electron chi connectivity index (χ4n) is 2.67. The van der Waals surface area contributed by atoms with E-state index < -0.39 is 11.6 Å². The van der Waals surface area contributed by atoms with Gasteiger partial charge in [-0.3, -0.25) is 4.79 Å². The maximum absolute atomic E-state index is 13.9. The molecule has 0 atom stereocenters. The highest BCUT2D eigenvalue weighted by molar-refractivity contribution is 6.04. The molecule has 0 bridgehead atoms. The van der Waals surface area contributed by atoms with Crippen molar-refractivity contribution in [3.63, 3.8) is 0 Å². The van der Waals surface area contributed by atoms with Crippen LogP contribution in [-0.4, -0.2) is 11.3 Å². The summed E-state index contributed by atoms with van der Waals surface area (Å²) in [7, 11) is 0. The van der Waals surface area contributed by atoms with Crippen LogP contribution in [0.1, 0.15) is 21.5 Å². The summed E-state index contributed by atoms with van der Waals surface area (Å²) in [4.78, 5) is 14.3. The van der Waals surface area contributed by atoms with Crippen LogP contribution in [0.4, 0.5) is 8.78 Å². The fourth-order valence-corrected chi connectivity index (χ4v) is 2.67. The second kappa shape index (κ2) is 4.81. The minimum atomic E-state index is -0.705. The number of hydrogen-bond acceptors (Lipinski definition) is 1. The Bertz CT molecular complexity index is 865. The Hall–Kier alpha value is -2.49. The van der Waals surface area contributed by atoms with E-state index in [9.17, 15) is 13.6 Å². The quantitative estimate of drug-likeness (QED) is 0.689. The number of nitrogens with one attached hydrogen (secondary N) is 1. The van der Waals surface area contributed by atoms with Gasteiger partial charge in [-0.25, -0.2) is 8.78 Å². The predicted octanol–water partition coefficient (Wildman–Crippen LogP) is 4.54. The normalized spacial score (nSPS) is 11.0. The third kappa shape index (κ3) is 2.13. The molecule has 0 unspecified atom stereocenters. The van der Waals surface area contributed by atoms with Gasteiger partial charge in [0.05, 0.1) is 11.2 Å². The number of halogens is 2. The van der Waals surface area contributed by atoms with Gasteiger partial charge in [0, 0.05) is 22.6 Å². The largest absolute Gasteiger partial charge is 0.352 e. The number of aromatic nitrogens is 1. The molecule has 0 saturated heterocycles. The Kier molecular flexibility index (Phi) is 3.09. The topological polar surface area (TPSA) is 32.9 Å². The van der Waals surface area contributed by atoms with Crippen LogP contribution in [0.25, 0.3) is 22.2 Å². The first-order chi connectivity index (χ1) is 10.0. The van der Waals surface area contributed by atoms with Gasteiger partial charge in [0.1, 0.15) is 11.6 Å². The molecule has 4 heteroatoms. The number of aryl methyl sites for hydroxylation is 2. The molecular formula is C17H13F2NO. The van der Waals surface area contributed by atoms with Gasteiger partial charge >= 0.3 is 0 Å². The van der Waals surface area contributed by atoms with Crippen molar-refractivity contribution in [1.82, 2.24) is 4.98 Å². The van der Waals surface area contributed by atoms with Gasteiger partial charge in [0.15, 0.2) is 6.29 Å². The van der Waals surface area contributed by atoms with Gasteiger partial charge in [0.25, 0.3) is 0 Å². The number of hydrogen-bond donors (Lipinski definition) is 1. The number of carbonyl (C=O) groups excluding carboxylic acids is 1. The van der Waals surface area contributed by atoms with E-state index in [2.05, 4.69) is 4.98 Å². The van der Waals surface area contributed by atoms with Crippen LogP contribution in [0.3, 0.4) is 0 Å². The molecule has 0 amide bonds. The molecule has 1 heterocycles. The number of H-pyrrole nitrogens is 1. The number of aldehydes is 1. The Morgan fingerprint density at radius 3 is 2.52 bits per heavy atom. The standard InChI is InChI=1S/C17H13F2NO/c1-9-3-4-12(10(2)5-9)16-14(8-21)13-6-11(18)7-15(19)17(13)20-16/h3-8,20H,1-2H3. The smallest absolute Gasteiger partial charge is 0.152 e. The number of benzene rings is 2. The summed E-state index contributed by atoms with van der Waals surface area (Å²) in [6, 6.07) is 7.74. The predicted molar refractivity (Wildman–Crippen MR) is 78.5 cm³/mol. The highest BCUT2D eigenvalue weighted by atomic mass is 19.1.